The van der Waals surface area contributed by atoms with Crippen LogP contribution in [-0.2, 0) is 23.9 Å². The Morgan fingerprint density at radius 3 is 1.54 bits per heavy atom. The smallest absolute Gasteiger partial charge is 0.332 e. The molecule has 0 aromatic carbocycles. The first-order valence-corrected chi connectivity index (χ1v) is 34.1. The van der Waals surface area contributed by atoms with Gasteiger partial charge in [0.2, 0.25) is 0 Å². The summed E-state index contributed by atoms with van der Waals surface area (Å²) >= 11 is 0. The molecule has 19 atom stereocenters. The molecule has 2 spiro atoms. The third-order valence-electron chi connectivity index (χ3n) is 25.2. The molecule has 10 rings (SSSR count). The van der Waals surface area contributed by atoms with E-state index in [1.54, 1.807) is 12.7 Å². The number of aliphatic hydroxyl groups excluding tert-OH is 1. The number of nitrogens with one attached hydrogen (secondary N) is 1. The first-order valence-electron chi connectivity index (χ1n) is 34.1. The number of carboxylic acid groups (broad SMARTS) is 2. The van der Waals surface area contributed by atoms with Gasteiger partial charge in [-0.15, -0.1) is 0 Å². The lowest BCUT2D eigenvalue weighted by molar-refractivity contribution is -0.149. The standard InChI is InChI=1S/C30H50N2O2.C23H38N2.C7H14O3.C6H12O3.B7/c1-7-8-9-27(34-6)28(33)32(5)22-14-16-29(3)21(18-22)10-11-23-25(29)15-17-30-19-31(4)20(2)24(30)12-13-26(23)30;1-15-19-7-8-21-18-6-5-16-13-17(24-3)9-11-22(16,2)20(18)10-12-23(19,21)14-25(15)4;1-3-4-5-6(10-2)7(8)9;1-2-3-4-5(7)6(8)9;1-5-7(4)6(2)3/h10,20,22-27H,7-9,11-19H2,1-6H3;5,15,17-21,24H,6-14H2,1-4H3;6H,3-5H2,1-2H3,(H,8,9);5,7H,2-4H2,1H3,(H,8,9);/t20-,22-,23+,24+,25-,26-,27?,29-,30-;15-,17-,18+,19+,20-,21-,22-,23-;;;/m00.../s1. The van der Waals surface area contributed by atoms with E-state index in [2.05, 4.69) is 83.0 Å². The van der Waals surface area contributed by atoms with Gasteiger partial charge < -0.3 is 44.8 Å². The fourth-order valence-corrected chi connectivity index (χ4v) is 20.0. The Hall–Kier alpha value is -1.90. The zero-order valence-corrected chi connectivity index (χ0v) is 55.7. The topological polar surface area (TPSA) is 152 Å². The Labute approximate surface area is 524 Å². The van der Waals surface area contributed by atoms with Crippen LogP contribution < -0.4 is 5.32 Å². The van der Waals surface area contributed by atoms with Gasteiger partial charge in [-0.3, -0.25) is 4.79 Å². The molecule has 467 valence electrons. The number of ether oxygens (including phenoxy) is 2. The molecule has 2 aliphatic heterocycles. The molecule has 1 amide bonds. The van der Waals surface area contributed by atoms with Crippen molar-refractivity contribution in [2.75, 3.05) is 55.5 Å². The van der Waals surface area contributed by atoms with Gasteiger partial charge in [0.15, 0.2) is 12.2 Å². The summed E-state index contributed by atoms with van der Waals surface area (Å²) in [5.41, 5.74) is 5.65. The van der Waals surface area contributed by atoms with E-state index in [0.29, 0.717) is 40.5 Å². The molecule has 0 bridgehead atoms. The summed E-state index contributed by atoms with van der Waals surface area (Å²) in [5.74, 6) is 5.75. The molecule has 12 nitrogen and oxygen atoms in total. The largest absolute Gasteiger partial charge is 0.479 e. The summed E-state index contributed by atoms with van der Waals surface area (Å²) in [6.07, 6.45) is 32.1. The Morgan fingerprint density at radius 2 is 1.13 bits per heavy atom. The second kappa shape index (κ2) is 31.9. The number of likely N-dealkylation sites (tertiary alicyclic amines) is 2. The second-order valence-corrected chi connectivity index (χ2v) is 29.2. The number of aliphatic carboxylic acids is 2. The van der Waals surface area contributed by atoms with Gasteiger partial charge in [-0.1, -0.05) is 96.4 Å². The third kappa shape index (κ3) is 15.5. The van der Waals surface area contributed by atoms with Crippen LogP contribution in [0.1, 0.15) is 209 Å². The number of carbonyl (C=O) groups is 3. The summed E-state index contributed by atoms with van der Waals surface area (Å²) in [7, 11) is 33.7. The predicted molar refractivity (Wildman–Crippen MR) is 354 cm³/mol. The number of allylic oxidation sites excluding steroid dienone is 2. The number of nitrogens with zero attached hydrogens (tertiary/aromatic N) is 3. The van der Waals surface area contributed by atoms with Crippen LogP contribution in [0, 0.1) is 69.0 Å². The number of fused-ring (bicyclic) bond motifs is 8. The molecule has 0 aromatic heterocycles. The summed E-state index contributed by atoms with van der Waals surface area (Å²) < 4.78 is 10.3. The van der Waals surface area contributed by atoms with Crippen molar-refractivity contribution in [1.29, 1.82) is 0 Å². The zero-order chi connectivity index (χ0) is 62.8. The second-order valence-electron chi connectivity index (χ2n) is 29.2. The van der Waals surface area contributed by atoms with Crippen molar-refractivity contribution in [2.24, 2.45) is 69.0 Å². The molecular weight excluding hydrogens is 1050 g/mol. The molecule has 6 saturated carbocycles. The van der Waals surface area contributed by atoms with Crippen molar-refractivity contribution in [1.82, 2.24) is 20.0 Å². The van der Waals surface area contributed by atoms with Crippen LogP contribution in [0.3, 0.4) is 0 Å². The van der Waals surface area contributed by atoms with Crippen LogP contribution in [-0.4, -0.2) is 197 Å². The van der Waals surface area contributed by atoms with Gasteiger partial charge in [0.05, 0.1) is 0 Å². The molecule has 2 heterocycles. The van der Waals surface area contributed by atoms with Gasteiger partial charge in [0.1, 0.15) is 6.10 Å². The van der Waals surface area contributed by atoms with Crippen molar-refractivity contribution in [3.8, 4) is 0 Å². The number of carboxylic acids is 2. The molecule has 2 saturated heterocycles. The predicted octanol–water partition coefficient (Wildman–Crippen LogP) is 9.61. The average Bonchev–Trinajstić information content (AvgIpc) is 1.66. The number of unbranched alkanes of at least 4 members (excludes halogenated alkanes) is 3. The van der Waals surface area contributed by atoms with Gasteiger partial charge in [-0.05, 0) is 226 Å². The molecule has 0 aromatic rings. The third-order valence-corrected chi connectivity index (χ3v) is 25.2. The normalized spacial score (nSPS) is 37.5. The van der Waals surface area contributed by atoms with E-state index in [-0.39, 0.29) is 18.4 Å². The lowest BCUT2D eigenvalue weighted by Gasteiger charge is -2.58. The number of aliphatic hydroxyl groups is 1. The van der Waals surface area contributed by atoms with E-state index in [0.717, 1.165) is 123 Å². The van der Waals surface area contributed by atoms with Crippen molar-refractivity contribution in [2.45, 2.75) is 251 Å². The van der Waals surface area contributed by atoms with E-state index in [9.17, 15) is 14.4 Å². The summed E-state index contributed by atoms with van der Waals surface area (Å²) in [6, 6.07) is 2.64. The Bertz CT molecular complexity index is 2220. The molecule has 4 N–H and O–H groups in total. The van der Waals surface area contributed by atoms with E-state index >= 15 is 0 Å². The number of amides is 1. The highest BCUT2D eigenvalue weighted by Crippen LogP contribution is 2.70. The average molecular weight is 1170 g/mol. The number of rotatable bonds is 18. The fourth-order valence-electron chi connectivity index (χ4n) is 20.0. The fraction of sp³-hybridized carbons (Fsp3) is 0.894. The highest BCUT2D eigenvalue weighted by atomic mass is 16.5. The Balaban J connectivity index is 0.000000197. The molecule has 9 radical (unpaired) electrons. The van der Waals surface area contributed by atoms with Crippen LogP contribution in [0.4, 0.5) is 0 Å². The maximum atomic E-state index is 13.2. The maximum absolute atomic E-state index is 13.2. The lowest BCUT2D eigenvalue weighted by atomic mass is 8.76. The van der Waals surface area contributed by atoms with Crippen LogP contribution in [0.2, 0.25) is 0 Å². The van der Waals surface area contributed by atoms with Gasteiger partial charge in [0.25, 0.3) is 5.91 Å². The molecule has 3 unspecified atom stereocenters. The highest BCUT2D eigenvalue weighted by molar-refractivity contribution is 7.81. The monoisotopic (exact) mass is 1170 g/mol. The van der Waals surface area contributed by atoms with Gasteiger partial charge in [-0.2, -0.15) is 0 Å². The minimum Gasteiger partial charge on any atom is -0.479 e. The van der Waals surface area contributed by atoms with Crippen molar-refractivity contribution in [3.63, 3.8) is 0 Å². The minimum absolute atomic E-state index is 0.190. The summed E-state index contributed by atoms with van der Waals surface area (Å²) in [5, 5.41) is 28.8. The molecule has 10 aliphatic rings. The van der Waals surface area contributed by atoms with Crippen molar-refractivity contribution >= 4 is 68.6 Å². The van der Waals surface area contributed by atoms with Crippen molar-refractivity contribution < 1.29 is 39.2 Å². The molecule has 19 heteroatoms. The van der Waals surface area contributed by atoms with Gasteiger partial charge >= 0.3 is 11.9 Å². The summed E-state index contributed by atoms with van der Waals surface area (Å²) in [6.45, 7) is 19.1. The maximum Gasteiger partial charge on any atom is 0.332 e. The van der Waals surface area contributed by atoms with E-state index in [1.807, 2.05) is 31.4 Å². The van der Waals surface area contributed by atoms with Crippen LogP contribution in [0.5, 0.6) is 0 Å². The van der Waals surface area contributed by atoms with Crippen LogP contribution >= 0.6 is 0 Å². The number of hydrogen-bond donors (Lipinski definition) is 4. The van der Waals surface area contributed by atoms with E-state index in [4.69, 9.17) is 55.7 Å². The summed E-state index contributed by atoms with van der Waals surface area (Å²) in [4.78, 5) is 40.9. The Kier molecular flexibility index (Phi) is 27.1. The number of methoxy groups -OCH3 is 2. The first kappa shape index (κ1) is 72.2. The minimum atomic E-state index is -1.16. The number of hydrogen-bond acceptors (Lipinski definition) is 9. The molecular formula is C66H114B7N4O8. The number of carbonyl (C=O) groups excluding carboxylic acids is 1. The first-order chi connectivity index (χ1) is 40.3. The molecule has 8 fully saturated rings. The molecule has 8 aliphatic carbocycles. The Morgan fingerprint density at radius 1 is 0.682 bits per heavy atom. The van der Waals surface area contributed by atoms with E-state index < -0.39 is 30.5 Å². The quantitative estimate of drug-likeness (QED) is 0.0768. The lowest BCUT2D eigenvalue weighted by Crippen LogP contribution is -2.53. The highest BCUT2D eigenvalue weighted by Gasteiger charge is 2.66. The molecule has 85 heavy (non-hydrogen) atoms. The van der Waals surface area contributed by atoms with Crippen LogP contribution in [0.25, 0.3) is 0 Å². The number of likely N-dealkylation sites (N-methyl/N-ethyl adjacent to an activating group) is 1. The zero-order valence-electron chi connectivity index (χ0n) is 55.7. The van der Waals surface area contributed by atoms with Crippen molar-refractivity contribution in [3.05, 3.63) is 23.3 Å². The van der Waals surface area contributed by atoms with Gasteiger partial charge in [0, 0.05) is 109 Å². The SMILES string of the molecule is CCCCC(O)C(=O)O.CCCCC(OC)C(=O)N(C)[C@H]1CC[C@@]2(C)C(=CC[C@H]3[C@@H]4CC[C@@H]5[C@H](C)N(C)C[C@@]54CC[C@@H]32)C1.CCCCC(OC)C(=O)O.CN[C@H]1CC[C@@]2(C)C(=CC[C@H]3[C@@H]4CC[C@@H]5[C@H](C)N(C)C[C@@]54CC[C@@H]32)C1.[B][B]B([B])B([B])[B]. The van der Waals surface area contributed by atoms with Crippen LogP contribution in [0.15, 0.2) is 23.3 Å². The van der Waals surface area contributed by atoms with Gasteiger partial charge in [-0.25, -0.2) is 9.59 Å². The van der Waals surface area contributed by atoms with E-state index in [1.165, 1.54) is 117 Å².